The van der Waals surface area contributed by atoms with E-state index in [-0.39, 0.29) is 17.4 Å². The van der Waals surface area contributed by atoms with Crippen LogP contribution in [0.3, 0.4) is 0 Å². The molecule has 3 aromatic rings. The predicted octanol–water partition coefficient (Wildman–Crippen LogP) is 2.96. The van der Waals surface area contributed by atoms with E-state index in [9.17, 15) is 9.59 Å². The molecule has 0 radical (unpaired) electrons. The van der Waals surface area contributed by atoms with E-state index in [2.05, 4.69) is 15.5 Å². The molecule has 3 heterocycles. The van der Waals surface area contributed by atoms with Crippen molar-refractivity contribution in [1.82, 2.24) is 15.5 Å². The van der Waals surface area contributed by atoms with Crippen molar-refractivity contribution < 1.29 is 23.6 Å². The van der Waals surface area contributed by atoms with Gasteiger partial charge in [-0.15, -0.1) is 11.8 Å². The first-order valence-electron chi connectivity index (χ1n) is 8.29. The summed E-state index contributed by atoms with van der Waals surface area (Å²) in [7, 11) is 0. The van der Waals surface area contributed by atoms with Gasteiger partial charge in [0.2, 0.25) is 0 Å². The van der Waals surface area contributed by atoms with Gasteiger partial charge in [0.05, 0.1) is 28.1 Å². The van der Waals surface area contributed by atoms with Gasteiger partial charge < -0.3 is 19.4 Å². The molecule has 0 aliphatic heterocycles. The number of carbonyl (C=O) groups excluding carboxylic acids is 1. The Kier molecular flexibility index (Phi) is 5.50. The fraction of sp³-hybridized carbons (Fsp3) is 0.333. The summed E-state index contributed by atoms with van der Waals surface area (Å²) in [6.07, 6.45) is 0. The molecule has 1 amide bonds. The Morgan fingerprint density at radius 2 is 2.04 bits per heavy atom. The second-order valence-electron chi connectivity index (χ2n) is 6.03. The second kappa shape index (κ2) is 7.83. The van der Waals surface area contributed by atoms with Gasteiger partial charge in [0, 0.05) is 17.9 Å². The molecule has 0 aromatic carbocycles. The largest absolute Gasteiger partial charge is 0.481 e. The third kappa shape index (κ3) is 4.13. The van der Waals surface area contributed by atoms with E-state index in [4.69, 9.17) is 14.0 Å². The maximum absolute atomic E-state index is 12.7. The summed E-state index contributed by atoms with van der Waals surface area (Å²) in [5, 5.41) is 15.9. The normalized spacial score (nSPS) is 11.1. The number of pyridine rings is 1. The number of rotatable bonds is 7. The molecule has 3 rings (SSSR count). The van der Waals surface area contributed by atoms with Gasteiger partial charge in [-0.3, -0.25) is 9.59 Å². The van der Waals surface area contributed by atoms with E-state index in [0.717, 1.165) is 11.3 Å². The molecule has 0 fully saturated rings. The van der Waals surface area contributed by atoms with Crippen molar-refractivity contribution in [2.24, 2.45) is 0 Å². The average molecular weight is 389 g/mol. The van der Waals surface area contributed by atoms with Crippen LogP contribution in [0.1, 0.15) is 27.6 Å². The number of hydrogen-bond donors (Lipinski definition) is 2. The molecule has 3 aromatic heterocycles. The van der Waals surface area contributed by atoms with Crippen molar-refractivity contribution in [1.29, 1.82) is 0 Å². The smallest absolute Gasteiger partial charge is 0.313 e. The van der Waals surface area contributed by atoms with Crippen molar-refractivity contribution in [3.8, 4) is 11.3 Å². The van der Waals surface area contributed by atoms with Crippen LogP contribution in [0.25, 0.3) is 22.4 Å². The van der Waals surface area contributed by atoms with Crippen LogP contribution in [0.4, 0.5) is 0 Å². The van der Waals surface area contributed by atoms with Crippen LogP contribution >= 0.6 is 11.8 Å². The fourth-order valence-corrected chi connectivity index (χ4v) is 3.35. The van der Waals surface area contributed by atoms with Crippen LogP contribution < -0.4 is 5.32 Å². The SMILES string of the molecule is Cc1cc(-c2cc(C(=O)NCCSCC(=O)O)c3c(C)noc3n2)c(C)o1. The molecular formula is C18H19N3O5S. The zero-order chi connectivity index (χ0) is 19.6. The van der Waals surface area contributed by atoms with Gasteiger partial charge in [-0.05, 0) is 32.9 Å². The highest BCUT2D eigenvalue weighted by Gasteiger charge is 2.20. The quantitative estimate of drug-likeness (QED) is 0.592. The summed E-state index contributed by atoms with van der Waals surface area (Å²) < 4.78 is 10.8. The van der Waals surface area contributed by atoms with Gasteiger partial charge in [0.25, 0.3) is 11.6 Å². The number of nitrogens with one attached hydrogen (secondary N) is 1. The van der Waals surface area contributed by atoms with E-state index in [0.29, 0.717) is 40.4 Å². The number of aryl methyl sites for hydroxylation is 3. The van der Waals surface area contributed by atoms with Crippen molar-refractivity contribution in [3.05, 3.63) is 34.9 Å². The topological polar surface area (TPSA) is 118 Å². The summed E-state index contributed by atoms with van der Waals surface area (Å²) in [5.41, 5.74) is 2.63. The molecule has 0 aliphatic carbocycles. The summed E-state index contributed by atoms with van der Waals surface area (Å²) in [6, 6.07) is 3.56. The van der Waals surface area contributed by atoms with Crippen molar-refractivity contribution in [2.45, 2.75) is 20.8 Å². The molecule has 0 atom stereocenters. The summed E-state index contributed by atoms with van der Waals surface area (Å²) in [4.78, 5) is 27.7. The van der Waals surface area contributed by atoms with Crippen molar-refractivity contribution in [2.75, 3.05) is 18.1 Å². The maximum atomic E-state index is 12.7. The minimum Gasteiger partial charge on any atom is -0.481 e. The van der Waals surface area contributed by atoms with Crippen LogP contribution in [0.15, 0.2) is 21.1 Å². The number of aliphatic carboxylic acids is 1. The molecule has 9 heteroatoms. The maximum Gasteiger partial charge on any atom is 0.313 e. The summed E-state index contributed by atoms with van der Waals surface area (Å²) >= 11 is 1.24. The molecule has 0 aliphatic rings. The lowest BCUT2D eigenvalue weighted by atomic mass is 10.1. The minimum atomic E-state index is -0.877. The number of thioether (sulfide) groups is 1. The molecule has 8 nitrogen and oxygen atoms in total. The van der Waals surface area contributed by atoms with Crippen molar-refractivity contribution in [3.63, 3.8) is 0 Å². The average Bonchev–Trinajstić information content (AvgIpc) is 3.15. The van der Waals surface area contributed by atoms with Crippen LogP contribution in [0.2, 0.25) is 0 Å². The fourth-order valence-electron chi connectivity index (χ4n) is 2.79. The predicted molar refractivity (Wildman–Crippen MR) is 101 cm³/mol. The Hall–Kier alpha value is -2.81. The van der Waals surface area contributed by atoms with E-state index >= 15 is 0 Å². The van der Waals surface area contributed by atoms with Gasteiger partial charge >= 0.3 is 5.97 Å². The Labute approximate surface area is 159 Å². The highest BCUT2D eigenvalue weighted by Crippen LogP contribution is 2.30. The number of aromatic nitrogens is 2. The molecular weight excluding hydrogens is 370 g/mol. The number of hydrogen-bond acceptors (Lipinski definition) is 7. The summed E-state index contributed by atoms with van der Waals surface area (Å²) in [6.45, 7) is 5.78. The lowest BCUT2D eigenvalue weighted by Crippen LogP contribution is -2.26. The van der Waals surface area contributed by atoms with Gasteiger partial charge in [-0.1, -0.05) is 5.16 Å². The van der Waals surface area contributed by atoms with Gasteiger partial charge in [-0.2, -0.15) is 0 Å². The first kappa shape index (κ1) is 19.0. The lowest BCUT2D eigenvalue weighted by Gasteiger charge is -2.07. The third-order valence-corrected chi connectivity index (χ3v) is 4.88. The number of carboxylic acid groups (broad SMARTS) is 1. The van der Waals surface area contributed by atoms with Crippen LogP contribution in [-0.4, -0.2) is 45.2 Å². The molecule has 142 valence electrons. The first-order chi connectivity index (χ1) is 12.9. The van der Waals surface area contributed by atoms with Crippen molar-refractivity contribution >= 4 is 34.7 Å². The molecule has 27 heavy (non-hydrogen) atoms. The third-order valence-electron chi connectivity index (χ3n) is 3.94. The van der Waals surface area contributed by atoms with Crippen LogP contribution in [-0.2, 0) is 4.79 Å². The molecule has 0 unspecified atom stereocenters. The van der Waals surface area contributed by atoms with Gasteiger partial charge in [-0.25, -0.2) is 4.98 Å². The number of carboxylic acids is 1. The molecule has 0 saturated heterocycles. The standard InChI is InChI=1S/C18H19N3O5S/c1-9-6-12(11(3)25-9)14-7-13(16-10(2)21-26-18(16)20-14)17(24)19-4-5-27-8-15(22)23/h6-7H,4-5,8H2,1-3H3,(H,19,24)(H,22,23). The van der Waals surface area contributed by atoms with E-state index in [1.807, 2.05) is 19.9 Å². The molecule has 0 spiro atoms. The number of carbonyl (C=O) groups is 2. The Balaban J connectivity index is 1.89. The number of furan rings is 1. The lowest BCUT2D eigenvalue weighted by molar-refractivity contribution is -0.133. The van der Waals surface area contributed by atoms with E-state index in [1.165, 1.54) is 11.8 Å². The first-order valence-corrected chi connectivity index (χ1v) is 9.44. The highest BCUT2D eigenvalue weighted by atomic mass is 32.2. The number of amides is 1. The van der Waals surface area contributed by atoms with E-state index in [1.54, 1.807) is 13.0 Å². The molecule has 2 N–H and O–H groups in total. The van der Waals surface area contributed by atoms with E-state index < -0.39 is 5.97 Å². The Morgan fingerprint density at radius 1 is 1.26 bits per heavy atom. The minimum absolute atomic E-state index is 0.00337. The zero-order valence-electron chi connectivity index (χ0n) is 15.2. The number of fused-ring (bicyclic) bond motifs is 1. The monoisotopic (exact) mass is 389 g/mol. The zero-order valence-corrected chi connectivity index (χ0v) is 16.0. The molecule has 0 saturated carbocycles. The Morgan fingerprint density at radius 3 is 2.70 bits per heavy atom. The van der Waals surface area contributed by atoms with Crippen LogP contribution in [0, 0.1) is 20.8 Å². The highest BCUT2D eigenvalue weighted by molar-refractivity contribution is 7.99. The number of nitrogens with zero attached hydrogens (tertiary/aromatic N) is 2. The van der Waals surface area contributed by atoms with Gasteiger partial charge in [0.1, 0.15) is 11.5 Å². The second-order valence-corrected chi connectivity index (χ2v) is 7.14. The summed E-state index contributed by atoms with van der Waals surface area (Å²) in [5.74, 6) is 0.790. The van der Waals surface area contributed by atoms with Gasteiger partial charge in [0.15, 0.2) is 0 Å². The Bertz CT molecular complexity index is 1010. The molecule has 0 bridgehead atoms. The van der Waals surface area contributed by atoms with Crippen LogP contribution in [0.5, 0.6) is 0 Å².